The highest BCUT2D eigenvalue weighted by atomic mass is 16.5. The number of H-pyrrole nitrogens is 1. The van der Waals surface area contributed by atoms with Gasteiger partial charge in [0.1, 0.15) is 5.69 Å². The summed E-state index contributed by atoms with van der Waals surface area (Å²) in [5.41, 5.74) is 1.66. The Balaban J connectivity index is 2.90. The van der Waals surface area contributed by atoms with E-state index in [1.807, 2.05) is 0 Å². The van der Waals surface area contributed by atoms with Crippen LogP contribution in [-0.2, 0) is 9.53 Å². The number of nitrogens with zero attached hydrogens (tertiary/aromatic N) is 1. The Morgan fingerprint density at radius 3 is 2.35 bits per heavy atom. The highest BCUT2D eigenvalue weighted by Crippen LogP contribution is 2.18. The lowest BCUT2D eigenvalue weighted by Crippen LogP contribution is -2.36. The van der Waals surface area contributed by atoms with Crippen LogP contribution in [0.3, 0.4) is 0 Å². The number of esters is 1. The van der Waals surface area contributed by atoms with E-state index < -0.39 is 11.9 Å². The summed E-state index contributed by atoms with van der Waals surface area (Å²) in [4.78, 5) is 39.3. The highest BCUT2D eigenvalue weighted by Gasteiger charge is 2.22. The molecule has 1 heterocycles. The molecule has 0 aliphatic rings. The highest BCUT2D eigenvalue weighted by molar-refractivity contribution is 6.01. The number of likely N-dealkylation sites (N-methyl/N-ethyl adjacent to an activating group) is 1. The number of aromatic amines is 1. The average molecular weight is 281 g/mol. The summed E-state index contributed by atoms with van der Waals surface area (Å²) in [5.74, 6) is -1.15. The molecule has 0 aliphatic carbocycles. The Labute approximate surface area is 117 Å². The minimum absolute atomic E-state index is 0.100. The topological polar surface area (TPSA) is 91.5 Å². The average Bonchev–Trinajstić information content (AvgIpc) is 2.70. The van der Waals surface area contributed by atoms with Gasteiger partial charge in [0.25, 0.3) is 5.91 Å². The van der Waals surface area contributed by atoms with Crippen LogP contribution in [0.2, 0.25) is 0 Å². The molecule has 0 aromatic carbocycles. The summed E-state index contributed by atoms with van der Waals surface area (Å²) in [5, 5.41) is 2.50. The second-order valence-electron chi connectivity index (χ2n) is 4.59. The summed E-state index contributed by atoms with van der Waals surface area (Å²) in [6, 6.07) is 0. The fraction of sp³-hybridized carbons (Fsp3) is 0.462. The van der Waals surface area contributed by atoms with Gasteiger partial charge in [-0.05, 0) is 19.4 Å². The second-order valence-corrected chi connectivity index (χ2v) is 4.59. The van der Waals surface area contributed by atoms with E-state index in [2.05, 4.69) is 15.0 Å². The first-order valence-corrected chi connectivity index (χ1v) is 6.05. The van der Waals surface area contributed by atoms with Crippen LogP contribution in [0.15, 0.2) is 0 Å². The number of carbonyl (C=O) groups excluding carboxylic acids is 3. The molecule has 20 heavy (non-hydrogen) atoms. The maximum absolute atomic E-state index is 12.0. The van der Waals surface area contributed by atoms with Crippen LogP contribution in [0.4, 0.5) is 0 Å². The van der Waals surface area contributed by atoms with Crippen molar-refractivity contribution in [2.75, 3.05) is 27.7 Å². The van der Waals surface area contributed by atoms with Gasteiger partial charge in [-0.25, -0.2) is 4.79 Å². The fourth-order valence-electron chi connectivity index (χ4n) is 1.79. The van der Waals surface area contributed by atoms with E-state index in [0.717, 1.165) is 0 Å². The number of amides is 2. The first kappa shape index (κ1) is 15.7. The van der Waals surface area contributed by atoms with Gasteiger partial charge in [0, 0.05) is 19.8 Å². The van der Waals surface area contributed by atoms with E-state index in [4.69, 9.17) is 0 Å². The fourth-order valence-corrected chi connectivity index (χ4v) is 1.79. The van der Waals surface area contributed by atoms with Crippen LogP contribution < -0.4 is 5.32 Å². The summed E-state index contributed by atoms with van der Waals surface area (Å²) >= 11 is 0. The summed E-state index contributed by atoms with van der Waals surface area (Å²) < 4.78 is 4.67. The molecule has 7 nitrogen and oxygen atoms in total. The lowest BCUT2D eigenvalue weighted by molar-refractivity contribution is -0.127. The van der Waals surface area contributed by atoms with Crippen molar-refractivity contribution in [3.05, 3.63) is 22.5 Å². The third kappa shape index (κ3) is 3.17. The first-order chi connectivity index (χ1) is 9.29. The van der Waals surface area contributed by atoms with Crippen LogP contribution in [0, 0.1) is 13.8 Å². The van der Waals surface area contributed by atoms with Crippen molar-refractivity contribution < 1.29 is 19.1 Å². The number of ether oxygens (including phenoxy) is 1. The van der Waals surface area contributed by atoms with Crippen LogP contribution in [0.25, 0.3) is 0 Å². The quantitative estimate of drug-likeness (QED) is 0.773. The molecule has 0 atom stereocenters. The molecule has 0 saturated heterocycles. The Hall–Kier alpha value is -2.31. The Kier molecular flexibility index (Phi) is 4.90. The largest absolute Gasteiger partial charge is 0.465 e. The number of aryl methyl sites for hydroxylation is 1. The van der Waals surface area contributed by atoms with Gasteiger partial charge in [0.2, 0.25) is 5.91 Å². The smallest absolute Gasteiger partial charge is 0.339 e. The maximum atomic E-state index is 12.0. The summed E-state index contributed by atoms with van der Waals surface area (Å²) in [6.07, 6.45) is 0. The summed E-state index contributed by atoms with van der Waals surface area (Å²) in [6.45, 7) is 3.23. The van der Waals surface area contributed by atoms with Gasteiger partial charge >= 0.3 is 5.97 Å². The van der Waals surface area contributed by atoms with Crippen LogP contribution in [0.1, 0.15) is 32.1 Å². The normalized spacial score (nSPS) is 10.1. The monoisotopic (exact) mass is 281 g/mol. The molecule has 2 N–H and O–H groups in total. The molecule has 2 amide bonds. The molecule has 0 spiro atoms. The maximum Gasteiger partial charge on any atom is 0.339 e. The van der Waals surface area contributed by atoms with Crippen molar-refractivity contribution in [2.24, 2.45) is 0 Å². The third-order valence-corrected chi connectivity index (χ3v) is 2.95. The molecule has 1 aromatic heterocycles. The molecule has 0 radical (unpaired) electrons. The molecular weight excluding hydrogens is 262 g/mol. The Morgan fingerprint density at radius 2 is 1.85 bits per heavy atom. The van der Waals surface area contributed by atoms with Crippen molar-refractivity contribution in [2.45, 2.75) is 13.8 Å². The van der Waals surface area contributed by atoms with Crippen LogP contribution >= 0.6 is 0 Å². The van der Waals surface area contributed by atoms with E-state index >= 15 is 0 Å². The molecule has 0 saturated carbocycles. The van der Waals surface area contributed by atoms with Gasteiger partial charge in [-0.3, -0.25) is 9.59 Å². The molecule has 7 heteroatoms. The van der Waals surface area contributed by atoms with Gasteiger partial charge in [0.05, 0.1) is 19.2 Å². The number of nitrogens with one attached hydrogen (secondary N) is 2. The van der Waals surface area contributed by atoms with E-state index in [-0.39, 0.29) is 18.1 Å². The molecule has 0 bridgehead atoms. The summed E-state index contributed by atoms with van der Waals surface area (Å²) in [7, 11) is 4.49. The number of hydrogen-bond acceptors (Lipinski definition) is 4. The SMILES string of the molecule is COC(=O)c1c(C)[nH]c(C(=O)NCC(=O)N(C)C)c1C. The zero-order chi connectivity index (χ0) is 15.4. The lowest BCUT2D eigenvalue weighted by atomic mass is 10.1. The minimum Gasteiger partial charge on any atom is -0.465 e. The van der Waals surface area contributed by atoms with Gasteiger partial charge in [0.15, 0.2) is 0 Å². The molecule has 0 unspecified atom stereocenters. The van der Waals surface area contributed by atoms with E-state index in [9.17, 15) is 14.4 Å². The molecular formula is C13H19N3O4. The van der Waals surface area contributed by atoms with Gasteiger partial charge in [-0.15, -0.1) is 0 Å². The predicted octanol–water partition coefficient (Wildman–Crippen LogP) is 0.236. The van der Waals surface area contributed by atoms with E-state index in [1.165, 1.54) is 12.0 Å². The standard InChI is InChI=1S/C13H19N3O4/c1-7-10(13(19)20-5)8(2)15-11(7)12(18)14-6-9(17)16(3)4/h15H,6H2,1-5H3,(H,14,18). The number of methoxy groups -OCH3 is 1. The number of carbonyl (C=O) groups is 3. The minimum atomic E-state index is -0.500. The molecule has 0 aliphatic heterocycles. The van der Waals surface area contributed by atoms with Crippen molar-refractivity contribution in [3.8, 4) is 0 Å². The predicted molar refractivity (Wildman–Crippen MR) is 72.6 cm³/mol. The van der Waals surface area contributed by atoms with Crippen molar-refractivity contribution in [1.29, 1.82) is 0 Å². The lowest BCUT2D eigenvalue weighted by Gasteiger charge is -2.10. The van der Waals surface area contributed by atoms with Crippen LogP contribution in [0.5, 0.6) is 0 Å². The number of hydrogen-bond donors (Lipinski definition) is 2. The van der Waals surface area contributed by atoms with Gasteiger partial charge < -0.3 is 19.9 Å². The second kappa shape index (κ2) is 6.23. The van der Waals surface area contributed by atoms with Crippen molar-refractivity contribution >= 4 is 17.8 Å². The molecule has 110 valence electrons. The van der Waals surface area contributed by atoms with Crippen molar-refractivity contribution in [3.63, 3.8) is 0 Å². The zero-order valence-electron chi connectivity index (χ0n) is 12.3. The Bertz CT molecular complexity index is 546. The Morgan fingerprint density at radius 1 is 1.25 bits per heavy atom. The first-order valence-electron chi connectivity index (χ1n) is 6.05. The van der Waals surface area contributed by atoms with Crippen LogP contribution in [-0.4, -0.2) is 55.4 Å². The van der Waals surface area contributed by atoms with Gasteiger partial charge in [-0.2, -0.15) is 0 Å². The third-order valence-electron chi connectivity index (χ3n) is 2.95. The zero-order valence-corrected chi connectivity index (χ0v) is 12.3. The van der Waals surface area contributed by atoms with Gasteiger partial charge in [-0.1, -0.05) is 0 Å². The number of rotatable bonds is 4. The molecule has 1 rings (SSSR count). The molecule has 0 fully saturated rings. The van der Waals surface area contributed by atoms with E-state index in [1.54, 1.807) is 27.9 Å². The van der Waals surface area contributed by atoms with Crippen molar-refractivity contribution in [1.82, 2.24) is 15.2 Å². The van der Waals surface area contributed by atoms with E-state index in [0.29, 0.717) is 16.8 Å². The molecule has 1 aromatic rings. The number of aromatic nitrogens is 1.